The number of thioether (sulfide) groups is 1. The summed E-state index contributed by atoms with van der Waals surface area (Å²) in [5, 5.41) is 3.02. The molecule has 0 amide bonds. The zero-order chi connectivity index (χ0) is 9.84. The lowest BCUT2D eigenvalue weighted by molar-refractivity contribution is 0.830. The molecule has 2 heterocycles. The van der Waals surface area contributed by atoms with E-state index in [0.717, 1.165) is 9.98 Å². The second-order valence-corrected chi connectivity index (χ2v) is 4.64. The first-order valence-electron chi connectivity index (χ1n) is 4.46. The summed E-state index contributed by atoms with van der Waals surface area (Å²) in [6, 6.07) is 0. The first kappa shape index (κ1) is 11.1. The number of rotatable bonds is 0. The van der Waals surface area contributed by atoms with Crippen molar-refractivity contribution in [3.05, 3.63) is 11.0 Å². The molecule has 0 saturated carbocycles. The lowest BCUT2D eigenvalue weighted by Crippen LogP contribution is -2.35. The summed E-state index contributed by atoms with van der Waals surface area (Å²) in [5.74, 6) is 1.66. The molecule has 1 N–H and O–H groups in total. The number of nitrogens with one attached hydrogen (secondary N) is 1. The molecule has 1 saturated heterocycles. The van der Waals surface area contributed by atoms with Crippen LogP contribution >= 0.6 is 36.2 Å². The summed E-state index contributed by atoms with van der Waals surface area (Å²) in [6.07, 6.45) is 3.21. The highest BCUT2D eigenvalue weighted by Gasteiger charge is 2.29. The van der Waals surface area contributed by atoms with Crippen molar-refractivity contribution >= 4 is 46.2 Å². The molecule has 4 heteroatoms. The van der Waals surface area contributed by atoms with Gasteiger partial charge in [0.25, 0.3) is 0 Å². The third-order valence-corrected chi connectivity index (χ3v) is 3.64. The first-order valence-corrected chi connectivity index (χ1v) is 6.27. The molecule has 0 aromatic rings. The van der Waals surface area contributed by atoms with Crippen LogP contribution in [0.15, 0.2) is 11.0 Å². The van der Waals surface area contributed by atoms with Crippen LogP contribution in [0.3, 0.4) is 0 Å². The molecule has 1 atom stereocenters. The quantitative estimate of drug-likeness (QED) is 0.643. The van der Waals surface area contributed by atoms with Crippen molar-refractivity contribution in [3.8, 4) is 0 Å². The minimum Gasteiger partial charge on any atom is -0.341 e. The maximum absolute atomic E-state index is 5.17. The van der Waals surface area contributed by atoms with Crippen molar-refractivity contribution in [1.82, 2.24) is 5.32 Å². The van der Waals surface area contributed by atoms with Crippen LogP contribution in [0.4, 0.5) is 0 Å². The molecule has 0 aromatic carbocycles. The molecule has 72 valence electrons. The summed E-state index contributed by atoms with van der Waals surface area (Å²) >= 11 is 12.1. The Hall–Kier alpha value is 0.0700. The average molecular weight is 231 g/mol. The van der Waals surface area contributed by atoms with Crippen molar-refractivity contribution in [2.75, 3.05) is 5.75 Å². The SMILES string of the molecule is CC.S=C1C=C2SCCC2C(=S)N1. The molecule has 2 aliphatic heterocycles. The van der Waals surface area contributed by atoms with Gasteiger partial charge in [-0.3, -0.25) is 0 Å². The van der Waals surface area contributed by atoms with Gasteiger partial charge < -0.3 is 5.32 Å². The molecule has 0 aromatic heterocycles. The normalized spacial score (nSPS) is 25.4. The van der Waals surface area contributed by atoms with Crippen molar-refractivity contribution in [2.45, 2.75) is 20.3 Å². The summed E-state index contributed by atoms with van der Waals surface area (Å²) in [4.78, 5) is 3.05. The first-order chi connectivity index (χ1) is 6.27. The Morgan fingerprint density at radius 1 is 1.46 bits per heavy atom. The van der Waals surface area contributed by atoms with E-state index in [4.69, 9.17) is 24.4 Å². The average Bonchev–Trinajstić information content (AvgIpc) is 2.55. The van der Waals surface area contributed by atoms with Crippen molar-refractivity contribution in [3.63, 3.8) is 0 Å². The van der Waals surface area contributed by atoms with Gasteiger partial charge in [-0.1, -0.05) is 38.3 Å². The van der Waals surface area contributed by atoms with E-state index >= 15 is 0 Å². The zero-order valence-electron chi connectivity index (χ0n) is 7.79. The Kier molecular flexibility index (Phi) is 4.35. The van der Waals surface area contributed by atoms with Crippen LogP contribution in [0.25, 0.3) is 0 Å². The van der Waals surface area contributed by atoms with Crippen molar-refractivity contribution in [2.24, 2.45) is 5.92 Å². The fraction of sp³-hybridized carbons (Fsp3) is 0.556. The largest absolute Gasteiger partial charge is 0.341 e. The van der Waals surface area contributed by atoms with E-state index in [9.17, 15) is 0 Å². The van der Waals surface area contributed by atoms with Gasteiger partial charge in [0.05, 0.1) is 4.99 Å². The van der Waals surface area contributed by atoms with E-state index in [0.29, 0.717) is 5.92 Å². The second-order valence-electron chi connectivity index (χ2n) is 2.59. The van der Waals surface area contributed by atoms with E-state index in [-0.39, 0.29) is 0 Å². The van der Waals surface area contributed by atoms with Gasteiger partial charge in [0.1, 0.15) is 4.99 Å². The fourth-order valence-electron chi connectivity index (χ4n) is 1.31. The predicted molar refractivity (Wildman–Crippen MR) is 68.3 cm³/mol. The Bertz CT molecular complexity index is 258. The minimum atomic E-state index is 0.474. The predicted octanol–water partition coefficient (Wildman–Crippen LogP) is 2.91. The molecular weight excluding hydrogens is 218 g/mol. The summed E-state index contributed by atoms with van der Waals surface area (Å²) in [7, 11) is 0. The van der Waals surface area contributed by atoms with Crippen LogP contribution in [0.1, 0.15) is 20.3 Å². The minimum absolute atomic E-state index is 0.474. The van der Waals surface area contributed by atoms with Crippen LogP contribution in [0.2, 0.25) is 0 Å². The molecule has 1 unspecified atom stereocenters. The lowest BCUT2D eigenvalue weighted by Gasteiger charge is -2.19. The topological polar surface area (TPSA) is 12.0 Å². The monoisotopic (exact) mass is 231 g/mol. The Morgan fingerprint density at radius 2 is 2.15 bits per heavy atom. The maximum Gasteiger partial charge on any atom is 0.104 e. The standard InChI is InChI=1S/C7H7NS3.C2H6/c9-6-3-5-4(1-2-11-5)7(10)8-6;1-2/h3-4H,1-2H2,(H,8,9,10);1-2H3. The van der Waals surface area contributed by atoms with E-state index in [1.165, 1.54) is 17.1 Å². The second kappa shape index (κ2) is 5.08. The summed E-state index contributed by atoms with van der Waals surface area (Å²) in [6.45, 7) is 4.00. The van der Waals surface area contributed by atoms with Crippen molar-refractivity contribution < 1.29 is 0 Å². The zero-order valence-corrected chi connectivity index (χ0v) is 10.2. The third-order valence-electron chi connectivity index (χ3n) is 1.85. The molecule has 13 heavy (non-hydrogen) atoms. The third kappa shape index (κ3) is 2.51. The molecular formula is C9H13NS3. The molecule has 1 fully saturated rings. The smallest absolute Gasteiger partial charge is 0.104 e. The van der Waals surface area contributed by atoms with Gasteiger partial charge in [0, 0.05) is 5.92 Å². The van der Waals surface area contributed by atoms with E-state index in [2.05, 4.69) is 5.32 Å². The van der Waals surface area contributed by atoms with E-state index in [1.807, 2.05) is 31.7 Å². The molecule has 0 spiro atoms. The highest BCUT2D eigenvalue weighted by molar-refractivity contribution is 8.03. The van der Waals surface area contributed by atoms with Crippen LogP contribution in [0.5, 0.6) is 0 Å². The molecule has 2 aliphatic rings. The van der Waals surface area contributed by atoms with Crippen LogP contribution in [-0.2, 0) is 0 Å². The molecule has 0 aliphatic carbocycles. The van der Waals surface area contributed by atoms with Gasteiger partial charge in [-0.05, 0) is 23.2 Å². The van der Waals surface area contributed by atoms with Crippen LogP contribution in [-0.4, -0.2) is 15.7 Å². The number of thiocarbonyl (C=S) groups is 2. The Balaban J connectivity index is 0.000000396. The number of hydrogen-bond donors (Lipinski definition) is 1. The van der Waals surface area contributed by atoms with Gasteiger partial charge in [-0.25, -0.2) is 0 Å². The van der Waals surface area contributed by atoms with Gasteiger partial charge in [-0.2, -0.15) is 0 Å². The van der Waals surface area contributed by atoms with Gasteiger partial charge in [0.15, 0.2) is 0 Å². The highest BCUT2D eigenvalue weighted by Crippen LogP contribution is 2.38. The lowest BCUT2D eigenvalue weighted by atomic mass is 10.0. The molecule has 1 nitrogen and oxygen atoms in total. The molecule has 0 bridgehead atoms. The summed E-state index contributed by atoms with van der Waals surface area (Å²) in [5.41, 5.74) is 0. The van der Waals surface area contributed by atoms with Gasteiger partial charge in [0.2, 0.25) is 0 Å². The maximum atomic E-state index is 5.17. The van der Waals surface area contributed by atoms with E-state index < -0.39 is 0 Å². The fourth-order valence-corrected chi connectivity index (χ4v) is 3.35. The van der Waals surface area contributed by atoms with Gasteiger partial charge in [-0.15, -0.1) is 11.8 Å². The number of fused-ring (bicyclic) bond motifs is 1. The molecule has 0 radical (unpaired) electrons. The van der Waals surface area contributed by atoms with Crippen LogP contribution in [0, 0.1) is 5.92 Å². The van der Waals surface area contributed by atoms with E-state index in [1.54, 1.807) is 0 Å². The Labute approximate surface area is 94.4 Å². The van der Waals surface area contributed by atoms with Crippen LogP contribution < -0.4 is 5.32 Å². The Morgan fingerprint density at radius 3 is 2.85 bits per heavy atom. The highest BCUT2D eigenvalue weighted by atomic mass is 32.2. The van der Waals surface area contributed by atoms with Crippen molar-refractivity contribution in [1.29, 1.82) is 0 Å². The van der Waals surface area contributed by atoms with Gasteiger partial charge >= 0.3 is 0 Å². The number of hydrogen-bond acceptors (Lipinski definition) is 3. The summed E-state index contributed by atoms with van der Waals surface area (Å²) < 4.78 is 0. The molecule has 2 rings (SSSR count).